The highest BCUT2D eigenvalue weighted by molar-refractivity contribution is 5.98. The van der Waals surface area contributed by atoms with Crippen LogP contribution < -0.4 is 5.32 Å². The molecule has 1 aliphatic heterocycles. The first kappa shape index (κ1) is 23.2. The molecule has 0 radical (unpaired) electrons. The highest BCUT2D eigenvalue weighted by atomic mass is 16.5. The van der Waals surface area contributed by atoms with Gasteiger partial charge in [-0.25, -0.2) is 0 Å². The zero-order valence-electron chi connectivity index (χ0n) is 19.5. The average molecular weight is 448 g/mol. The van der Waals surface area contributed by atoms with Gasteiger partial charge in [-0.3, -0.25) is 9.59 Å². The Labute approximate surface area is 195 Å². The van der Waals surface area contributed by atoms with E-state index in [0.29, 0.717) is 37.6 Å². The van der Waals surface area contributed by atoms with Gasteiger partial charge < -0.3 is 20.4 Å². The number of benzene rings is 2. The molecule has 0 saturated heterocycles. The summed E-state index contributed by atoms with van der Waals surface area (Å²) in [6.45, 7) is 3.72. The SMILES string of the molecule is COCCNC(=O)c1ccc(-c2ccc3c(c2)CCN([C@H](C)CC(=N)C2CCC2)C3=O)cc1. The molecular formula is C27H33N3O3. The number of hydrogen-bond donors (Lipinski definition) is 2. The van der Waals surface area contributed by atoms with Crippen LogP contribution in [0.25, 0.3) is 11.1 Å². The largest absolute Gasteiger partial charge is 0.383 e. The number of carbonyl (C=O) groups excluding carboxylic acids is 2. The number of ether oxygens (including phenoxy) is 1. The minimum Gasteiger partial charge on any atom is -0.383 e. The molecule has 0 spiro atoms. The molecule has 6 heteroatoms. The van der Waals surface area contributed by atoms with Crippen molar-refractivity contribution in [2.24, 2.45) is 5.92 Å². The van der Waals surface area contributed by atoms with Crippen LogP contribution in [0.1, 0.15) is 58.9 Å². The molecule has 33 heavy (non-hydrogen) atoms. The molecule has 174 valence electrons. The number of methoxy groups -OCH3 is 1. The quantitative estimate of drug-likeness (QED) is 0.443. The van der Waals surface area contributed by atoms with Crippen LogP contribution in [0.3, 0.4) is 0 Å². The summed E-state index contributed by atoms with van der Waals surface area (Å²) in [6, 6.07) is 13.6. The lowest BCUT2D eigenvalue weighted by Crippen LogP contribution is -2.44. The Balaban J connectivity index is 1.42. The summed E-state index contributed by atoms with van der Waals surface area (Å²) in [5.74, 6) is 0.388. The molecule has 2 amide bonds. The van der Waals surface area contributed by atoms with Crippen LogP contribution in [0.4, 0.5) is 0 Å². The average Bonchev–Trinajstić information content (AvgIpc) is 2.78. The molecule has 2 aliphatic rings. The van der Waals surface area contributed by atoms with Gasteiger partial charge in [-0.15, -0.1) is 0 Å². The molecule has 0 unspecified atom stereocenters. The van der Waals surface area contributed by atoms with E-state index in [1.807, 2.05) is 41.3 Å². The van der Waals surface area contributed by atoms with Crippen LogP contribution in [-0.2, 0) is 11.2 Å². The summed E-state index contributed by atoms with van der Waals surface area (Å²) in [7, 11) is 1.60. The third-order valence-electron chi connectivity index (χ3n) is 6.94. The first-order valence-electron chi connectivity index (χ1n) is 11.9. The number of hydrogen-bond acceptors (Lipinski definition) is 4. The van der Waals surface area contributed by atoms with Crippen molar-refractivity contribution < 1.29 is 14.3 Å². The lowest BCUT2D eigenvalue weighted by Gasteiger charge is -2.36. The van der Waals surface area contributed by atoms with Gasteiger partial charge in [0.1, 0.15) is 0 Å². The summed E-state index contributed by atoms with van der Waals surface area (Å²) < 4.78 is 4.96. The summed E-state index contributed by atoms with van der Waals surface area (Å²) in [6.07, 6.45) is 4.98. The molecule has 1 saturated carbocycles. The molecule has 0 aromatic heterocycles. The van der Waals surface area contributed by atoms with Crippen molar-refractivity contribution in [1.29, 1.82) is 5.41 Å². The maximum Gasteiger partial charge on any atom is 0.254 e. The van der Waals surface area contributed by atoms with Crippen molar-refractivity contribution in [1.82, 2.24) is 10.2 Å². The van der Waals surface area contributed by atoms with Gasteiger partial charge in [-0.05, 0) is 67.0 Å². The molecule has 4 rings (SSSR count). The van der Waals surface area contributed by atoms with Gasteiger partial charge in [0, 0.05) is 49.5 Å². The van der Waals surface area contributed by atoms with Crippen LogP contribution in [0.2, 0.25) is 0 Å². The predicted molar refractivity (Wildman–Crippen MR) is 130 cm³/mol. The van der Waals surface area contributed by atoms with E-state index in [9.17, 15) is 9.59 Å². The Kier molecular flexibility index (Phi) is 7.23. The van der Waals surface area contributed by atoms with E-state index in [-0.39, 0.29) is 17.9 Å². The van der Waals surface area contributed by atoms with E-state index in [2.05, 4.69) is 18.3 Å². The summed E-state index contributed by atoms with van der Waals surface area (Å²) in [5.41, 5.74) is 5.31. The second kappa shape index (κ2) is 10.3. The minimum atomic E-state index is -0.116. The zero-order chi connectivity index (χ0) is 23.4. The molecule has 2 N–H and O–H groups in total. The minimum absolute atomic E-state index is 0.0565. The number of carbonyl (C=O) groups is 2. The summed E-state index contributed by atoms with van der Waals surface area (Å²) in [4.78, 5) is 27.3. The van der Waals surface area contributed by atoms with E-state index in [4.69, 9.17) is 10.1 Å². The Morgan fingerprint density at radius 1 is 1.18 bits per heavy atom. The second-order valence-corrected chi connectivity index (χ2v) is 9.15. The fourth-order valence-electron chi connectivity index (χ4n) is 4.64. The van der Waals surface area contributed by atoms with Crippen LogP contribution in [0.5, 0.6) is 0 Å². The highest BCUT2D eigenvalue weighted by Crippen LogP contribution is 2.31. The third kappa shape index (κ3) is 5.17. The first-order chi connectivity index (χ1) is 16.0. The molecule has 1 atom stereocenters. The number of amides is 2. The van der Waals surface area contributed by atoms with Gasteiger partial charge in [0.15, 0.2) is 0 Å². The van der Waals surface area contributed by atoms with E-state index < -0.39 is 0 Å². The van der Waals surface area contributed by atoms with Crippen LogP contribution in [-0.4, -0.2) is 55.3 Å². The lowest BCUT2D eigenvalue weighted by molar-refractivity contribution is 0.0678. The number of rotatable bonds is 9. The van der Waals surface area contributed by atoms with Gasteiger partial charge in [-0.1, -0.05) is 30.7 Å². The smallest absolute Gasteiger partial charge is 0.254 e. The molecule has 2 aromatic rings. The Morgan fingerprint density at radius 2 is 1.91 bits per heavy atom. The molecule has 1 heterocycles. The van der Waals surface area contributed by atoms with E-state index in [0.717, 1.165) is 47.2 Å². The van der Waals surface area contributed by atoms with E-state index in [1.165, 1.54) is 6.42 Å². The third-order valence-corrected chi connectivity index (χ3v) is 6.94. The van der Waals surface area contributed by atoms with Gasteiger partial charge in [0.25, 0.3) is 11.8 Å². The summed E-state index contributed by atoms with van der Waals surface area (Å²) in [5, 5.41) is 11.2. The van der Waals surface area contributed by atoms with E-state index in [1.54, 1.807) is 7.11 Å². The van der Waals surface area contributed by atoms with E-state index >= 15 is 0 Å². The monoisotopic (exact) mass is 447 g/mol. The maximum atomic E-state index is 13.2. The van der Waals surface area contributed by atoms with Gasteiger partial charge in [0.05, 0.1) is 6.61 Å². The molecule has 1 fully saturated rings. The van der Waals surface area contributed by atoms with Crippen molar-refractivity contribution in [2.75, 3.05) is 26.8 Å². The predicted octanol–water partition coefficient (Wildman–Crippen LogP) is 4.33. The topological polar surface area (TPSA) is 82.5 Å². The lowest BCUT2D eigenvalue weighted by atomic mass is 9.79. The van der Waals surface area contributed by atoms with Gasteiger partial charge in [-0.2, -0.15) is 0 Å². The number of nitrogens with one attached hydrogen (secondary N) is 2. The fourth-order valence-corrected chi connectivity index (χ4v) is 4.64. The normalized spacial score (nSPS) is 16.7. The van der Waals surface area contributed by atoms with Crippen molar-refractivity contribution in [3.63, 3.8) is 0 Å². The maximum absolute atomic E-state index is 13.2. The fraction of sp³-hybridized carbons (Fsp3) is 0.444. The molecular weight excluding hydrogens is 414 g/mol. The number of fused-ring (bicyclic) bond motifs is 1. The molecule has 6 nitrogen and oxygen atoms in total. The van der Waals surface area contributed by atoms with Crippen LogP contribution in [0.15, 0.2) is 42.5 Å². The Morgan fingerprint density at radius 3 is 2.58 bits per heavy atom. The Bertz CT molecular complexity index is 1030. The van der Waals surface area contributed by atoms with Crippen LogP contribution >= 0.6 is 0 Å². The van der Waals surface area contributed by atoms with Gasteiger partial charge >= 0.3 is 0 Å². The van der Waals surface area contributed by atoms with Crippen molar-refractivity contribution >= 4 is 17.5 Å². The number of nitrogens with zero attached hydrogens (tertiary/aromatic N) is 1. The van der Waals surface area contributed by atoms with Crippen molar-refractivity contribution in [3.8, 4) is 11.1 Å². The molecule has 0 bridgehead atoms. The van der Waals surface area contributed by atoms with Crippen molar-refractivity contribution in [3.05, 3.63) is 59.2 Å². The standard InChI is InChI=1S/C27H33N3O3/c1-18(16-25(28)20-4-3-5-20)30-14-12-23-17-22(10-11-24(23)27(30)32)19-6-8-21(9-7-19)26(31)29-13-15-33-2/h6-11,17-18,20,28H,3-5,12-16H2,1-2H3,(H,29,31)/t18-/m1/s1. The second-order valence-electron chi connectivity index (χ2n) is 9.15. The zero-order valence-corrected chi connectivity index (χ0v) is 19.5. The van der Waals surface area contributed by atoms with Crippen LogP contribution in [0, 0.1) is 11.3 Å². The molecule has 2 aromatic carbocycles. The van der Waals surface area contributed by atoms with Gasteiger partial charge in [0.2, 0.25) is 0 Å². The summed E-state index contributed by atoms with van der Waals surface area (Å²) >= 11 is 0. The Hall–Kier alpha value is -2.99. The van der Waals surface area contributed by atoms with Crippen molar-refractivity contribution in [2.45, 2.75) is 45.1 Å². The first-order valence-corrected chi connectivity index (χ1v) is 11.9. The molecule has 1 aliphatic carbocycles. The highest BCUT2D eigenvalue weighted by Gasteiger charge is 2.30.